The summed E-state index contributed by atoms with van der Waals surface area (Å²) in [7, 11) is 1.99. The van der Waals surface area contributed by atoms with E-state index in [1.165, 1.54) is 0 Å². The van der Waals surface area contributed by atoms with E-state index < -0.39 is 0 Å². The Morgan fingerprint density at radius 2 is 1.90 bits per heavy atom. The van der Waals surface area contributed by atoms with Gasteiger partial charge in [-0.1, -0.05) is 0 Å². The molecule has 0 radical (unpaired) electrons. The van der Waals surface area contributed by atoms with Crippen molar-refractivity contribution in [2.45, 2.75) is 44.2 Å². The monoisotopic (exact) mass is 143 g/mol. The number of aliphatic hydroxyl groups is 1. The molecule has 0 aromatic rings. The van der Waals surface area contributed by atoms with Gasteiger partial charge < -0.3 is 10.4 Å². The van der Waals surface area contributed by atoms with Crippen LogP contribution in [0, 0.1) is 0 Å². The Balaban J connectivity index is 2.31. The van der Waals surface area contributed by atoms with E-state index in [-0.39, 0.29) is 5.60 Å². The highest BCUT2D eigenvalue weighted by atomic mass is 16.3. The lowest BCUT2D eigenvalue weighted by Gasteiger charge is -2.32. The lowest BCUT2D eigenvalue weighted by molar-refractivity contribution is 0.0149. The third-order valence-corrected chi connectivity index (χ3v) is 2.47. The van der Waals surface area contributed by atoms with Crippen molar-refractivity contribution in [2.75, 3.05) is 7.05 Å². The maximum atomic E-state index is 9.56. The van der Waals surface area contributed by atoms with Gasteiger partial charge in [0.05, 0.1) is 5.60 Å². The molecular formula is C8H17NO. The van der Waals surface area contributed by atoms with E-state index in [4.69, 9.17) is 0 Å². The van der Waals surface area contributed by atoms with Crippen LogP contribution < -0.4 is 5.32 Å². The minimum Gasteiger partial charge on any atom is -0.390 e. The van der Waals surface area contributed by atoms with Gasteiger partial charge >= 0.3 is 0 Å². The molecule has 0 bridgehead atoms. The minimum atomic E-state index is -0.382. The molecule has 0 spiro atoms. The molecule has 0 saturated heterocycles. The van der Waals surface area contributed by atoms with Gasteiger partial charge in [0.15, 0.2) is 0 Å². The Bertz CT molecular complexity index is 102. The first-order valence-electron chi connectivity index (χ1n) is 4.04. The summed E-state index contributed by atoms with van der Waals surface area (Å²) in [5, 5.41) is 12.8. The van der Waals surface area contributed by atoms with Gasteiger partial charge in [0, 0.05) is 6.04 Å². The maximum Gasteiger partial charge on any atom is 0.0621 e. The normalized spacial score (nSPS) is 41.7. The summed E-state index contributed by atoms with van der Waals surface area (Å²) in [6, 6.07) is 0.639. The van der Waals surface area contributed by atoms with E-state index in [1.807, 2.05) is 14.0 Å². The summed E-state index contributed by atoms with van der Waals surface area (Å²) < 4.78 is 0. The summed E-state index contributed by atoms with van der Waals surface area (Å²) in [6.07, 6.45) is 4.12. The Morgan fingerprint density at radius 1 is 1.40 bits per heavy atom. The van der Waals surface area contributed by atoms with E-state index in [0.29, 0.717) is 6.04 Å². The van der Waals surface area contributed by atoms with Crippen molar-refractivity contribution in [1.82, 2.24) is 5.32 Å². The topological polar surface area (TPSA) is 32.3 Å². The molecule has 0 aromatic carbocycles. The second-order valence-corrected chi connectivity index (χ2v) is 3.56. The van der Waals surface area contributed by atoms with Crippen molar-refractivity contribution in [2.24, 2.45) is 0 Å². The van der Waals surface area contributed by atoms with Crippen LogP contribution in [0.15, 0.2) is 0 Å². The quantitative estimate of drug-likeness (QED) is 0.571. The number of hydrogen-bond acceptors (Lipinski definition) is 2. The molecule has 0 amide bonds. The minimum absolute atomic E-state index is 0.382. The van der Waals surface area contributed by atoms with E-state index in [1.54, 1.807) is 0 Å². The van der Waals surface area contributed by atoms with Gasteiger partial charge in [-0.25, -0.2) is 0 Å². The van der Waals surface area contributed by atoms with Crippen LogP contribution in [0.2, 0.25) is 0 Å². The fourth-order valence-corrected chi connectivity index (χ4v) is 1.53. The van der Waals surface area contributed by atoms with Gasteiger partial charge in [-0.05, 0) is 39.7 Å². The first kappa shape index (κ1) is 8.02. The predicted octanol–water partition coefficient (Wildman–Crippen LogP) is 0.899. The molecule has 2 N–H and O–H groups in total. The van der Waals surface area contributed by atoms with Crippen molar-refractivity contribution in [1.29, 1.82) is 0 Å². The molecule has 60 valence electrons. The number of nitrogens with one attached hydrogen (secondary N) is 1. The average molecular weight is 143 g/mol. The second-order valence-electron chi connectivity index (χ2n) is 3.56. The lowest BCUT2D eigenvalue weighted by Crippen LogP contribution is -2.37. The highest BCUT2D eigenvalue weighted by molar-refractivity contribution is 4.83. The van der Waals surface area contributed by atoms with Crippen LogP contribution >= 0.6 is 0 Å². The summed E-state index contributed by atoms with van der Waals surface area (Å²) in [4.78, 5) is 0. The molecule has 1 fully saturated rings. The van der Waals surface area contributed by atoms with Crippen LogP contribution in [0.1, 0.15) is 32.6 Å². The summed E-state index contributed by atoms with van der Waals surface area (Å²) in [5.74, 6) is 0. The predicted molar refractivity (Wildman–Crippen MR) is 41.9 cm³/mol. The van der Waals surface area contributed by atoms with Gasteiger partial charge in [-0.2, -0.15) is 0 Å². The van der Waals surface area contributed by atoms with Crippen molar-refractivity contribution >= 4 is 0 Å². The van der Waals surface area contributed by atoms with Gasteiger partial charge in [0.25, 0.3) is 0 Å². The second kappa shape index (κ2) is 2.89. The van der Waals surface area contributed by atoms with Gasteiger partial charge in [-0.15, -0.1) is 0 Å². The molecule has 1 aliphatic carbocycles. The standard InChI is InChI=1S/C8H17NO/c1-8(10)5-3-7(9-2)4-6-8/h7,9-10H,3-6H2,1-2H3/t7-,8+. The molecule has 1 saturated carbocycles. The fourth-order valence-electron chi connectivity index (χ4n) is 1.53. The van der Waals surface area contributed by atoms with Gasteiger partial charge in [-0.3, -0.25) is 0 Å². The lowest BCUT2D eigenvalue weighted by atomic mass is 9.84. The molecule has 0 atom stereocenters. The average Bonchev–Trinajstić information content (AvgIpc) is 1.88. The highest BCUT2D eigenvalue weighted by Crippen LogP contribution is 2.27. The molecule has 0 heterocycles. The highest BCUT2D eigenvalue weighted by Gasteiger charge is 2.27. The summed E-state index contributed by atoms with van der Waals surface area (Å²) in [5.41, 5.74) is -0.382. The Hall–Kier alpha value is -0.0800. The first-order valence-corrected chi connectivity index (χ1v) is 4.04. The maximum absolute atomic E-state index is 9.56. The first-order chi connectivity index (χ1) is 4.64. The van der Waals surface area contributed by atoms with E-state index in [0.717, 1.165) is 25.7 Å². The van der Waals surface area contributed by atoms with E-state index in [9.17, 15) is 5.11 Å². The zero-order chi connectivity index (χ0) is 7.61. The molecule has 1 rings (SSSR count). The molecule has 1 aliphatic rings. The Labute approximate surface area is 62.6 Å². The summed E-state index contributed by atoms with van der Waals surface area (Å²) in [6.45, 7) is 1.93. The molecule has 0 aromatic heterocycles. The van der Waals surface area contributed by atoms with E-state index >= 15 is 0 Å². The fraction of sp³-hybridized carbons (Fsp3) is 1.00. The van der Waals surface area contributed by atoms with Crippen molar-refractivity contribution < 1.29 is 5.11 Å². The third kappa shape index (κ3) is 1.96. The van der Waals surface area contributed by atoms with Crippen LogP contribution in [-0.4, -0.2) is 23.8 Å². The smallest absolute Gasteiger partial charge is 0.0621 e. The zero-order valence-electron chi connectivity index (χ0n) is 6.85. The number of hydrogen-bond donors (Lipinski definition) is 2. The molecule has 0 aliphatic heterocycles. The van der Waals surface area contributed by atoms with Crippen molar-refractivity contribution in [3.63, 3.8) is 0 Å². The Kier molecular flexibility index (Phi) is 2.32. The van der Waals surface area contributed by atoms with Crippen LogP contribution in [-0.2, 0) is 0 Å². The van der Waals surface area contributed by atoms with Crippen LogP contribution in [0.5, 0.6) is 0 Å². The van der Waals surface area contributed by atoms with Crippen LogP contribution in [0.3, 0.4) is 0 Å². The zero-order valence-corrected chi connectivity index (χ0v) is 6.85. The van der Waals surface area contributed by atoms with E-state index in [2.05, 4.69) is 5.32 Å². The molecule has 2 nitrogen and oxygen atoms in total. The van der Waals surface area contributed by atoms with Gasteiger partial charge in [0.1, 0.15) is 0 Å². The largest absolute Gasteiger partial charge is 0.390 e. The SMILES string of the molecule is CN[C@H]1CC[C@@](C)(O)CC1. The van der Waals surface area contributed by atoms with Crippen LogP contribution in [0.4, 0.5) is 0 Å². The molecule has 2 heteroatoms. The Morgan fingerprint density at radius 3 is 2.30 bits per heavy atom. The number of rotatable bonds is 1. The van der Waals surface area contributed by atoms with Gasteiger partial charge in [0.2, 0.25) is 0 Å². The third-order valence-electron chi connectivity index (χ3n) is 2.47. The molecular weight excluding hydrogens is 126 g/mol. The van der Waals surface area contributed by atoms with Crippen molar-refractivity contribution in [3.05, 3.63) is 0 Å². The van der Waals surface area contributed by atoms with Crippen LogP contribution in [0.25, 0.3) is 0 Å². The molecule has 0 unspecified atom stereocenters. The van der Waals surface area contributed by atoms with Crippen molar-refractivity contribution in [3.8, 4) is 0 Å². The molecule has 10 heavy (non-hydrogen) atoms. The summed E-state index contributed by atoms with van der Waals surface area (Å²) >= 11 is 0.